The molecule has 3 N–H and O–H groups in total. The molecular formula is C36H61N4O6S+. The molecule has 0 aliphatic carbocycles. The molecule has 0 fully saturated rings. The van der Waals surface area contributed by atoms with Crippen LogP contribution in [0.2, 0.25) is 0 Å². The van der Waals surface area contributed by atoms with Gasteiger partial charge in [0.05, 0.1) is 18.9 Å². The number of unbranched alkanes of at least 4 members (excludes halogenated alkanes) is 15. The molecule has 0 spiro atoms. The van der Waals surface area contributed by atoms with Gasteiger partial charge in [-0.25, -0.2) is 22.7 Å². The Balaban J connectivity index is 1.54. The smallest absolute Gasteiger partial charge is 0.407 e. The number of benzene rings is 1. The van der Waals surface area contributed by atoms with E-state index in [1.54, 1.807) is 0 Å². The predicted molar refractivity (Wildman–Crippen MR) is 189 cm³/mol. The molecule has 0 radical (unpaired) electrons. The van der Waals surface area contributed by atoms with Crippen LogP contribution < -0.4 is 19.9 Å². The summed E-state index contributed by atoms with van der Waals surface area (Å²) in [5.41, 5.74) is 1.04. The van der Waals surface area contributed by atoms with Gasteiger partial charge in [0.15, 0.2) is 6.20 Å². The average molecular weight is 678 g/mol. The van der Waals surface area contributed by atoms with Crippen LogP contribution in [0.1, 0.15) is 116 Å². The number of hydrogen-bond donors (Lipinski definition) is 3. The van der Waals surface area contributed by atoms with Crippen molar-refractivity contribution >= 4 is 33.1 Å². The Morgan fingerprint density at radius 1 is 0.766 bits per heavy atom. The molecule has 2 amide bonds. The second-order valence-electron chi connectivity index (χ2n) is 12.4. The molecule has 266 valence electrons. The molecule has 47 heavy (non-hydrogen) atoms. The van der Waals surface area contributed by atoms with Crippen molar-refractivity contribution in [2.24, 2.45) is 0 Å². The van der Waals surface area contributed by atoms with E-state index >= 15 is 0 Å². The number of carbonyl (C=O) groups excluding carboxylic acids is 2. The van der Waals surface area contributed by atoms with Crippen LogP contribution in [0, 0.1) is 0 Å². The predicted octanol–water partition coefficient (Wildman–Crippen LogP) is 7.15. The van der Waals surface area contributed by atoms with Crippen molar-refractivity contribution < 1.29 is 32.0 Å². The van der Waals surface area contributed by atoms with Crippen molar-refractivity contribution in [1.29, 1.82) is 0 Å². The molecule has 10 nitrogen and oxygen atoms in total. The quantitative estimate of drug-likeness (QED) is 0.0681. The van der Waals surface area contributed by atoms with E-state index in [1.165, 1.54) is 90.6 Å². The molecule has 0 bridgehead atoms. The summed E-state index contributed by atoms with van der Waals surface area (Å²) in [5, 5.41) is 6.35. The summed E-state index contributed by atoms with van der Waals surface area (Å²) in [4.78, 5) is 24.0. The van der Waals surface area contributed by atoms with Gasteiger partial charge in [0, 0.05) is 37.0 Å². The molecule has 1 heterocycles. The standard InChI is InChI=1S/C36H60N4O6S/c1-3-4-5-6-7-8-9-10-11-12-13-14-15-16-17-20-26-37-35(41)46-31-33(39-36(42)45-2)30-38-47(43,44)29-22-28-40-27-21-24-32-23-18-19-25-34(32)40/h18-19,21,23-25,27,33,38H,3-17,20,22,26,28-31H2,1-2H3,(H-,37,39,41,42)/p+1. The van der Waals surface area contributed by atoms with Gasteiger partial charge in [-0.15, -0.1) is 0 Å². The number of nitrogens with zero attached hydrogens (tertiary/aromatic N) is 1. The van der Waals surface area contributed by atoms with Crippen LogP contribution in [-0.2, 0) is 26.0 Å². The second kappa shape index (κ2) is 25.1. The Morgan fingerprint density at radius 3 is 1.96 bits per heavy atom. The first-order chi connectivity index (χ1) is 22.8. The third kappa shape index (κ3) is 19.5. The summed E-state index contributed by atoms with van der Waals surface area (Å²) in [6, 6.07) is 11.1. The SMILES string of the molecule is CCCCCCCCCCCCCCCCCCNC(=O)OCC(CNS(=O)(=O)CCC[n+]1cccc2ccccc21)NC(=O)OC. The van der Waals surface area contributed by atoms with Crippen molar-refractivity contribution in [1.82, 2.24) is 15.4 Å². The number of amides is 2. The number of pyridine rings is 1. The summed E-state index contributed by atoms with van der Waals surface area (Å²) in [6.45, 7) is 2.97. The Morgan fingerprint density at radius 2 is 1.34 bits per heavy atom. The van der Waals surface area contributed by atoms with Gasteiger partial charge in [-0.3, -0.25) is 0 Å². The van der Waals surface area contributed by atoms with Crippen molar-refractivity contribution in [3.05, 3.63) is 42.6 Å². The largest absolute Gasteiger partial charge is 0.453 e. The normalized spacial score (nSPS) is 12.1. The zero-order valence-electron chi connectivity index (χ0n) is 29.0. The third-order valence-electron chi connectivity index (χ3n) is 8.37. The number of ether oxygens (including phenoxy) is 2. The van der Waals surface area contributed by atoms with E-state index in [0.29, 0.717) is 19.5 Å². The Hall–Kier alpha value is -2.92. The van der Waals surface area contributed by atoms with E-state index in [9.17, 15) is 18.0 Å². The fraction of sp³-hybridized carbons (Fsp3) is 0.694. The summed E-state index contributed by atoms with van der Waals surface area (Å²) >= 11 is 0. The highest BCUT2D eigenvalue weighted by Crippen LogP contribution is 2.14. The van der Waals surface area contributed by atoms with Crippen molar-refractivity contribution in [3.63, 3.8) is 0 Å². The van der Waals surface area contributed by atoms with Gasteiger partial charge in [0.25, 0.3) is 0 Å². The van der Waals surface area contributed by atoms with Gasteiger partial charge in [-0.1, -0.05) is 115 Å². The number of carbonyl (C=O) groups is 2. The number of para-hydroxylation sites is 1. The van der Waals surface area contributed by atoms with Crippen LogP contribution in [0.5, 0.6) is 0 Å². The molecular weight excluding hydrogens is 616 g/mol. The second-order valence-corrected chi connectivity index (χ2v) is 14.4. The van der Waals surface area contributed by atoms with E-state index in [-0.39, 0.29) is 18.9 Å². The van der Waals surface area contributed by atoms with Crippen LogP contribution in [0.3, 0.4) is 0 Å². The van der Waals surface area contributed by atoms with Crippen LogP contribution in [0.25, 0.3) is 10.9 Å². The van der Waals surface area contributed by atoms with Crippen LogP contribution in [0.4, 0.5) is 9.59 Å². The highest BCUT2D eigenvalue weighted by molar-refractivity contribution is 7.89. The molecule has 1 atom stereocenters. The minimum atomic E-state index is -3.63. The number of aryl methyl sites for hydroxylation is 1. The highest BCUT2D eigenvalue weighted by Gasteiger charge is 2.20. The molecule has 2 aromatic rings. The van der Waals surface area contributed by atoms with Gasteiger partial charge in [0.2, 0.25) is 15.5 Å². The molecule has 0 aliphatic rings. The topological polar surface area (TPSA) is 127 Å². The zero-order valence-corrected chi connectivity index (χ0v) is 29.8. The summed E-state index contributed by atoms with van der Waals surface area (Å²) < 4.78 is 39.8. The minimum Gasteiger partial charge on any atom is -0.453 e. The fourth-order valence-electron chi connectivity index (χ4n) is 5.61. The maximum atomic E-state index is 12.7. The highest BCUT2D eigenvalue weighted by atomic mass is 32.2. The van der Waals surface area contributed by atoms with Crippen LogP contribution in [-0.4, -0.2) is 59.2 Å². The number of rotatable bonds is 27. The van der Waals surface area contributed by atoms with E-state index in [1.807, 2.05) is 47.2 Å². The van der Waals surface area contributed by atoms with Gasteiger partial charge in [-0.05, 0) is 18.6 Å². The van der Waals surface area contributed by atoms with Gasteiger partial charge in [0.1, 0.15) is 13.2 Å². The lowest BCUT2D eigenvalue weighted by atomic mass is 10.0. The van der Waals surface area contributed by atoms with E-state index in [2.05, 4.69) is 27.0 Å². The minimum absolute atomic E-state index is 0.0885. The number of methoxy groups -OCH3 is 1. The molecule has 1 aromatic heterocycles. The first-order valence-corrected chi connectivity index (χ1v) is 19.6. The van der Waals surface area contributed by atoms with Crippen molar-refractivity contribution in [2.75, 3.05) is 32.6 Å². The number of alkyl carbamates (subject to hydrolysis) is 2. The summed E-state index contributed by atoms with van der Waals surface area (Å²) in [7, 11) is -2.42. The first-order valence-electron chi connectivity index (χ1n) is 17.9. The van der Waals surface area contributed by atoms with Crippen molar-refractivity contribution in [3.8, 4) is 0 Å². The summed E-state index contributed by atoms with van der Waals surface area (Å²) in [5.74, 6) is -0.0885. The third-order valence-corrected chi connectivity index (χ3v) is 9.80. The number of aromatic nitrogens is 1. The van der Waals surface area contributed by atoms with E-state index in [4.69, 9.17) is 4.74 Å². The molecule has 1 unspecified atom stereocenters. The lowest BCUT2D eigenvalue weighted by molar-refractivity contribution is -0.671. The number of hydrogen-bond acceptors (Lipinski definition) is 6. The number of nitrogens with one attached hydrogen (secondary N) is 3. The monoisotopic (exact) mass is 677 g/mol. The maximum absolute atomic E-state index is 12.7. The van der Waals surface area contributed by atoms with Gasteiger partial charge >= 0.3 is 12.2 Å². The average Bonchev–Trinajstić information content (AvgIpc) is 3.07. The van der Waals surface area contributed by atoms with E-state index < -0.39 is 28.3 Å². The fourth-order valence-corrected chi connectivity index (χ4v) is 6.72. The van der Waals surface area contributed by atoms with E-state index in [0.717, 1.165) is 30.2 Å². The Kier molecular flexibility index (Phi) is 21.5. The van der Waals surface area contributed by atoms with Gasteiger partial charge in [-0.2, -0.15) is 4.57 Å². The number of fused-ring (bicyclic) bond motifs is 1. The van der Waals surface area contributed by atoms with Crippen LogP contribution in [0.15, 0.2) is 42.6 Å². The zero-order chi connectivity index (χ0) is 34.0. The molecule has 0 saturated carbocycles. The maximum Gasteiger partial charge on any atom is 0.407 e. The first kappa shape index (κ1) is 40.3. The molecule has 0 saturated heterocycles. The lowest BCUT2D eigenvalue weighted by Crippen LogP contribution is -2.47. The Labute approximate surface area is 283 Å². The van der Waals surface area contributed by atoms with Crippen LogP contribution >= 0.6 is 0 Å². The van der Waals surface area contributed by atoms with Gasteiger partial charge < -0.3 is 20.1 Å². The van der Waals surface area contributed by atoms with Crippen molar-refractivity contribution in [2.45, 2.75) is 129 Å². The molecule has 1 aromatic carbocycles. The lowest BCUT2D eigenvalue weighted by Gasteiger charge is -2.19. The summed E-state index contributed by atoms with van der Waals surface area (Å²) in [6.07, 6.45) is 21.6. The molecule has 11 heteroatoms. The number of sulfonamides is 1. The molecule has 0 aliphatic heterocycles. The Bertz CT molecular complexity index is 1240. The molecule has 2 rings (SSSR count).